The first-order chi connectivity index (χ1) is 9.00. The van der Waals surface area contributed by atoms with Crippen molar-refractivity contribution in [2.24, 2.45) is 5.92 Å². The maximum atomic E-state index is 6.04. The Balaban J connectivity index is 2.22. The summed E-state index contributed by atoms with van der Waals surface area (Å²) < 4.78 is 5.61. The quantitative estimate of drug-likeness (QED) is 0.697. The zero-order chi connectivity index (χ0) is 14.3. The first-order valence-corrected chi connectivity index (χ1v) is 7.56. The molecule has 0 aromatic heterocycles. The predicted molar refractivity (Wildman–Crippen MR) is 83.5 cm³/mol. The van der Waals surface area contributed by atoms with E-state index in [1.165, 1.54) is 12.8 Å². The van der Waals surface area contributed by atoms with Gasteiger partial charge in [-0.05, 0) is 37.8 Å². The molecule has 19 heavy (non-hydrogen) atoms. The van der Waals surface area contributed by atoms with E-state index in [1.807, 2.05) is 12.1 Å². The second-order valence-corrected chi connectivity index (χ2v) is 6.01. The van der Waals surface area contributed by atoms with Crippen LogP contribution in [0.25, 0.3) is 0 Å². The highest BCUT2D eigenvalue weighted by molar-refractivity contribution is 6.42. The minimum Gasteiger partial charge on any atom is -0.491 e. The van der Waals surface area contributed by atoms with Gasteiger partial charge in [-0.1, -0.05) is 43.1 Å². The second kappa shape index (κ2) is 8.68. The topological polar surface area (TPSA) is 21.3 Å². The van der Waals surface area contributed by atoms with Crippen molar-refractivity contribution in [3.8, 4) is 5.75 Å². The Kier molecular flexibility index (Phi) is 7.59. The van der Waals surface area contributed by atoms with E-state index in [-0.39, 0.29) is 0 Å². The largest absolute Gasteiger partial charge is 0.491 e. The van der Waals surface area contributed by atoms with Crippen LogP contribution in [0.5, 0.6) is 5.75 Å². The molecule has 0 amide bonds. The lowest BCUT2D eigenvalue weighted by atomic mass is 10.0. The van der Waals surface area contributed by atoms with Crippen LogP contribution in [0.15, 0.2) is 18.2 Å². The van der Waals surface area contributed by atoms with Gasteiger partial charge in [0, 0.05) is 12.6 Å². The Hall–Kier alpha value is -0.440. The van der Waals surface area contributed by atoms with Gasteiger partial charge in [0.05, 0.1) is 5.02 Å². The molecule has 1 aromatic carbocycles. The van der Waals surface area contributed by atoms with Crippen molar-refractivity contribution in [1.29, 1.82) is 0 Å². The van der Waals surface area contributed by atoms with E-state index < -0.39 is 0 Å². The van der Waals surface area contributed by atoms with E-state index in [4.69, 9.17) is 27.9 Å². The molecule has 1 unspecified atom stereocenters. The summed E-state index contributed by atoms with van der Waals surface area (Å²) in [5.74, 6) is 1.40. The molecule has 108 valence electrons. The van der Waals surface area contributed by atoms with Gasteiger partial charge < -0.3 is 10.1 Å². The summed E-state index contributed by atoms with van der Waals surface area (Å²) in [6.07, 6.45) is 2.44. The molecule has 1 atom stereocenters. The third-order valence-electron chi connectivity index (χ3n) is 2.95. The highest BCUT2D eigenvalue weighted by Crippen LogP contribution is 2.31. The maximum Gasteiger partial charge on any atom is 0.139 e. The van der Waals surface area contributed by atoms with Crippen LogP contribution in [0.1, 0.15) is 33.6 Å². The molecule has 0 fully saturated rings. The van der Waals surface area contributed by atoms with Crippen LogP contribution in [0, 0.1) is 5.92 Å². The smallest absolute Gasteiger partial charge is 0.139 e. The number of nitrogens with one attached hydrogen (secondary N) is 1. The molecule has 0 aliphatic carbocycles. The molecule has 0 spiro atoms. The second-order valence-electron chi connectivity index (χ2n) is 5.23. The van der Waals surface area contributed by atoms with Gasteiger partial charge in [0.1, 0.15) is 17.4 Å². The third-order valence-corrected chi connectivity index (χ3v) is 3.75. The maximum absolute atomic E-state index is 6.04. The summed E-state index contributed by atoms with van der Waals surface area (Å²) >= 11 is 12.0. The van der Waals surface area contributed by atoms with Crippen LogP contribution < -0.4 is 10.1 Å². The van der Waals surface area contributed by atoms with Gasteiger partial charge in [-0.15, -0.1) is 0 Å². The summed E-state index contributed by atoms with van der Waals surface area (Å²) in [5.41, 5.74) is 0. The Morgan fingerprint density at radius 1 is 1.16 bits per heavy atom. The van der Waals surface area contributed by atoms with E-state index in [0.29, 0.717) is 28.4 Å². The van der Waals surface area contributed by atoms with Crippen LogP contribution in [0.2, 0.25) is 10.0 Å². The molecule has 1 N–H and O–H groups in total. The molecular weight excluding hydrogens is 281 g/mol. The first kappa shape index (κ1) is 16.6. The molecule has 2 nitrogen and oxygen atoms in total. The molecule has 0 aliphatic rings. The van der Waals surface area contributed by atoms with Crippen molar-refractivity contribution in [3.63, 3.8) is 0 Å². The Bertz CT molecular complexity index is 382. The normalized spacial score (nSPS) is 12.7. The summed E-state index contributed by atoms with van der Waals surface area (Å²) in [6.45, 7) is 8.09. The summed E-state index contributed by atoms with van der Waals surface area (Å²) in [5, 5.41) is 4.45. The zero-order valence-electron chi connectivity index (χ0n) is 11.9. The lowest BCUT2D eigenvalue weighted by Gasteiger charge is -2.15. The van der Waals surface area contributed by atoms with Gasteiger partial charge in [-0.3, -0.25) is 0 Å². The van der Waals surface area contributed by atoms with Crippen molar-refractivity contribution in [1.82, 2.24) is 5.32 Å². The number of halogens is 2. The fourth-order valence-electron chi connectivity index (χ4n) is 1.75. The fourth-order valence-corrected chi connectivity index (χ4v) is 2.09. The molecule has 0 aliphatic heterocycles. The van der Waals surface area contributed by atoms with Crippen molar-refractivity contribution < 1.29 is 4.74 Å². The van der Waals surface area contributed by atoms with Crippen LogP contribution in [0.4, 0.5) is 0 Å². The van der Waals surface area contributed by atoms with Gasteiger partial charge in [0.2, 0.25) is 0 Å². The summed E-state index contributed by atoms with van der Waals surface area (Å²) in [7, 11) is 0. The molecule has 0 radical (unpaired) electrons. The molecule has 0 bridgehead atoms. The van der Waals surface area contributed by atoms with Gasteiger partial charge in [0.15, 0.2) is 0 Å². The Morgan fingerprint density at radius 2 is 1.89 bits per heavy atom. The highest BCUT2D eigenvalue weighted by Gasteiger charge is 2.06. The van der Waals surface area contributed by atoms with Crippen molar-refractivity contribution >= 4 is 23.2 Å². The standard InChI is InChI=1S/C15H23Cl2NO/c1-11(2)7-8-12(3)18-9-10-19-14-6-4-5-13(16)15(14)17/h4-6,11-12,18H,7-10H2,1-3H3. The van der Waals surface area contributed by atoms with Crippen molar-refractivity contribution in [2.75, 3.05) is 13.2 Å². The van der Waals surface area contributed by atoms with E-state index in [2.05, 4.69) is 26.1 Å². The SMILES string of the molecule is CC(C)CCC(C)NCCOc1cccc(Cl)c1Cl. The lowest BCUT2D eigenvalue weighted by Crippen LogP contribution is -2.30. The highest BCUT2D eigenvalue weighted by atomic mass is 35.5. The first-order valence-electron chi connectivity index (χ1n) is 6.81. The molecule has 0 heterocycles. The van der Waals surface area contributed by atoms with Gasteiger partial charge in [-0.2, -0.15) is 0 Å². The number of benzene rings is 1. The molecule has 4 heteroatoms. The summed E-state index contributed by atoms with van der Waals surface area (Å²) in [6, 6.07) is 5.93. The van der Waals surface area contributed by atoms with Gasteiger partial charge in [-0.25, -0.2) is 0 Å². The lowest BCUT2D eigenvalue weighted by molar-refractivity contribution is 0.303. The van der Waals surface area contributed by atoms with Gasteiger partial charge >= 0.3 is 0 Å². The van der Waals surface area contributed by atoms with Crippen LogP contribution in [-0.4, -0.2) is 19.2 Å². The van der Waals surface area contributed by atoms with Crippen LogP contribution >= 0.6 is 23.2 Å². The predicted octanol–water partition coefficient (Wildman–Crippen LogP) is 4.79. The van der Waals surface area contributed by atoms with Gasteiger partial charge in [0.25, 0.3) is 0 Å². The minimum atomic E-state index is 0.483. The number of ether oxygens (including phenoxy) is 1. The Labute approximate surface area is 126 Å². The number of hydrogen-bond donors (Lipinski definition) is 1. The number of rotatable bonds is 8. The molecule has 1 rings (SSSR count). The molecule has 0 saturated heterocycles. The summed E-state index contributed by atoms with van der Waals surface area (Å²) in [4.78, 5) is 0. The van der Waals surface area contributed by atoms with E-state index in [9.17, 15) is 0 Å². The van der Waals surface area contributed by atoms with Crippen molar-refractivity contribution in [3.05, 3.63) is 28.2 Å². The average Bonchev–Trinajstić information content (AvgIpc) is 2.37. The monoisotopic (exact) mass is 303 g/mol. The van der Waals surface area contributed by atoms with Crippen LogP contribution in [-0.2, 0) is 0 Å². The van der Waals surface area contributed by atoms with Crippen LogP contribution in [0.3, 0.4) is 0 Å². The molecular formula is C15H23Cl2NO. The Morgan fingerprint density at radius 3 is 2.58 bits per heavy atom. The molecule has 0 saturated carbocycles. The third kappa shape index (κ3) is 6.51. The van der Waals surface area contributed by atoms with Crippen molar-refractivity contribution in [2.45, 2.75) is 39.7 Å². The van der Waals surface area contributed by atoms with E-state index in [1.54, 1.807) is 6.07 Å². The average molecular weight is 304 g/mol. The fraction of sp³-hybridized carbons (Fsp3) is 0.600. The van der Waals surface area contributed by atoms with E-state index in [0.717, 1.165) is 12.5 Å². The zero-order valence-corrected chi connectivity index (χ0v) is 13.4. The van der Waals surface area contributed by atoms with E-state index >= 15 is 0 Å². The molecule has 1 aromatic rings. The minimum absolute atomic E-state index is 0.483. The number of hydrogen-bond acceptors (Lipinski definition) is 2.